The van der Waals surface area contributed by atoms with Crippen molar-refractivity contribution in [3.63, 3.8) is 0 Å². The summed E-state index contributed by atoms with van der Waals surface area (Å²) in [6.45, 7) is 1.62. The van der Waals surface area contributed by atoms with Gasteiger partial charge in [0.15, 0.2) is 6.10 Å². The van der Waals surface area contributed by atoms with Crippen LogP contribution in [0, 0.1) is 23.3 Å². The number of imidazole rings is 1. The molecule has 0 N–H and O–H groups in total. The first-order chi connectivity index (χ1) is 12.9. The summed E-state index contributed by atoms with van der Waals surface area (Å²) in [4.78, 5) is 9.34. The minimum absolute atomic E-state index is 0.0531. The molecule has 0 radical (unpaired) electrons. The Morgan fingerprint density at radius 2 is 1.78 bits per heavy atom. The van der Waals surface area contributed by atoms with Crippen LogP contribution < -0.4 is 0 Å². The average Bonchev–Trinajstić information content (AvgIpc) is 3.12. The molecular formula is C19H15F4N3O. The largest absolute Gasteiger partial charge is 0.385 e. The van der Waals surface area contributed by atoms with Crippen LogP contribution in [0.25, 0.3) is 0 Å². The lowest BCUT2D eigenvalue weighted by atomic mass is 10.1. The molecular weight excluding hydrogens is 362 g/mol. The van der Waals surface area contributed by atoms with Crippen LogP contribution in [0.15, 0.2) is 60.3 Å². The zero-order valence-corrected chi connectivity index (χ0v) is 14.2. The standard InChI is InChI=1S/C19H15F4N3O/c1-12(15-4-2-13(20)8-17(15)22)25-27-19(10-26-7-6-24-11-26)16-5-3-14(21)9-18(16)23/h2-9,11,19H,10H2,1H3/b25-12+. The van der Waals surface area contributed by atoms with Crippen molar-refractivity contribution in [3.05, 3.63) is 89.5 Å². The number of rotatable bonds is 6. The summed E-state index contributed by atoms with van der Waals surface area (Å²) in [6, 6.07) is 6.18. The fourth-order valence-electron chi connectivity index (χ4n) is 2.51. The first-order valence-corrected chi connectivity index (χ1v) is 8.00. The van der Waals surface area contributed by atoms with Crippen molar-refractivity contribution in [3.8, 4) is 0 Å². The summed E-state index contributed by atoms with van der Waals surface area (Å²) in [7, 11) is 0. The second kappa shape index (κ2) is 8.03. The van der Waals surface area contributed by atoms with E-state index < -0.39 is 29.4 Å². The van der Waals surface area contributed by atoms with Crippen molar-refractivity contribution < 1.29 is 22.4 Å². The van der Waals surface area contributed by atoms with E-state index in [-0.39, 0.29) is 23.4 Å². The van der Waals surface area contributed by atoms with Crippen LogP contribution in [-0.2, 0) is 11.4 Å². The van der Waals surface area contributed by atoms with Gasteiger partial charge in [0.1, 0.15) is 23.3 Å². The highest BCUT2D eigenvalue weighted by molar-refractivity contribution is 5.98. The second-order valence-corrected chi connectivity index (χ2v) is 5.82. The number of nitrogens with zero attached hydrogens (tertiary/aromatic N) is 3. The third-order valence-electron chi connectivity index (χ3n) is 3.88. The van der Waals surface area contributed by atoms with E-state index in [1.165, 1.54) is 25.4 Å². The van der Waals surface area contributed by atoms with Crippen molar-refractivity contribution in [1.82, 2.24) is 9.55 Å². The van der Waals surface area contributed by atoms with Crippen molar-refractivity contribution in [2.75, 3.05) is 0 Å². The Morgan fingerprint density at radius 1 is 1.07 bits per heavy atom. The fourth-order valence-corrected chi connectivity index (χ4v) is 2.51. The Hall–Kier alpha value is -3.16. The number of aromatic nitrogens is 2. The Morgan fingerprint density at radius 3 is 2.41 bits per heavy atom. The molecule has 0 saturated heterocycles. The molecule has 1 unspecified atom stereocenters. The van der Waals surface area contributed by atoms with Crippen LogP contribution in [0.5, 0.6) is 0 Å². The van der Waals surface area contributed by atoms with Gasteiger partial charge < -0.3 is 9.40 Å². The lowest BCUT2D eigenvalue weighted by Gasteiger charge is -2.17. The highest BCUT2D eigenvalue weighted by Crippen LogP contribution is 2.24. The van der Waals surface area contributed by atoms with Gasteiger partial charge in [-0.2, -0.15) is 0 Å². The zero-order chi connectivity index (χ0) is 19.4. The molecule has 1 heterocycles. The van der Waals surface area contributed by atoms with Crippen LogP contribution in [0.1, 0.15) is 24.2 Å². The molecule has 8 heteroatoms. The maximum Gasteiger partial charge on any atom is 0.173 e. The molecule has 1 atom stereocenters. The third kappa shape index (κ3) is 4.52. The Kier molecular flexibility index (Phi) is 5.54. The summed E-state index contributed by atoms with van der Waals surface area (Å²) in [6.07, 6.45) is 3.78. The van der Waals surface area contributed by atoms with Gasteiger partial charge in [0.2, 0.25) is 0 Å². The lowest BCUT2D eigenvalue weighted by molar-refractivity contribution is 0.0431. The van der Waals surface area contributed by atoms with Crippen LogP contribution in [0.3, 0.4) is 0 Å². The van der Waals surface area contributed by atoms with Gasteiger partial charge >= 0.3 is 0 Å². The molecule has 140 valence electrons. The molecule has 27 heavy (non-hydrogen) atoms. The molecule has 2 aromatic carbocycles. The van der Waals surface area contributed by atoms with E-state index >= 15 is 0 Å². The predicted molar refractivity (Wildman–Crippen MR) is 91.0 cm³/mol. The van der Waals surface area contributed by atoms with E-state index in [0.29, 0.717) is 0 Å². The highest BCUT2D eigenvalue weighted by Gasteiger charge is 2.19. The molecule has 0 fully saturated rings. The van der Waals surface area contributed by atoms with E-state index in [4.69, 9.17) is 4.84 Å². The Balaban J connectivity index is 1.88. The van der Waals surface area contributed by atoms with Crippen LogP contribution >= 0.6 is 0 Å². The molecule has 0 aliphatic rings. The maximum atomic E-state index is 14.2. The minimum Gasteiger partial charge on any atom is -0.385 e. The number of benzene rings is 2. The first-order valence-electron chi connectivity index (χ1n) is 8.00. The molecule has 4 nitrogen and oxygen atoms in total. The average molecular weight is 377 g/mol. The molecule has 0 saturated carbocycles. The molecule has 3 rings (SSSR count). The van der Waals surface area contributed by atoms with Gasteiger partial charge in [-0.1, -0.05) is 5.16 Å². The third-order valence-corrected chi connectivity index (χ3v) is 3.88. The van der Waals surface area contributed by atoms with Gasteiger partial charge in [-0.3, -0.25) is 0 Å². The van der Waals surface area contributed by atoms with Crippen molar-refractivity contribution in [2.45, 2.75) is 19.6 Å². The van der Waals surface area contributed by atoms with E-state index in [1.54, 1.807) is 17.0 Å². The fraction of sp³-hybridized carbons (Fsp3) is 0.158. The molecule has 0 aliphatic heterocycles. The number of halogens is 4. The van der Waals surface area contributed by atoms with E-state index in [0.717, 1.165) is 24.3 Å². The summed E-state index contributed by atoms with van der Waals surface area (Å²) in [5.41, 5.74) is 0.282. The van der Waals surface area contributed by atoms with Crippen molar-refractivity contribution in [2.24, 2.45) is 5.16 Å². The lowest BCUT2D eigenvalue weighted by Crippen LogP contribution is -2.13. The number of hydrogen-bond donors (Lipinski definition) is 0. The second-order valence-electron chi connectivity index (χ2n) is 5.82. The minimum atomic E-state index is -0.918. The molecule has 0 spiro atoms. The molecule has 0 bridgehead atoms. The van der Waals surface area contributed by atoms with Gasteiger partial charge in [-0.05, 0) is 31.2 Å². The van der Waals surface area contributed by atoms with Gasteiger partial charge in [0.05, 0.1) is 18.6 Å². The van der Waals surface area contributed by atoms with E-state index in [1.807, 2.05) is 0 Å². The van der Waals surface area contributed by atoms with E-state index in [2.05, 4.69) is 10.1 Å². The van der Waals surface area contributed by atoms with Gasteiger partial charge in [-0.15, -0.1) is 0 Å². The number of hydrogen-bond acceptors (Lipinski definition) is 3. The summed E-state index contributed by atoms with van der Waals surface area (Å²) >= 11 is 0. The monoisotopic (exact) mass is 377 g/mol. The predicted octanol–water partition coefficient (Wildman–Crippen LogP) is 4.62. The van der Waals surface area contributed by atoms with Crippen LogP contribution in [-0.4, -0.2) is 15.3 Å². The van der Waals surface area contributed by atoms with Gasteiger partial charge in [0, 0.05) is 35.7 Å². The number of oxime groups is 1. The normalized spacial score (nSPS) is 12.9. The summed E-state index contributed by atoms with van der Waals surface area (Å²) in [5, 5.41) is 3.87. The Labute approximate surface area is 152 Å². The smallest absolute Gasteiger partial charge is 0.173 e. The summed E-state index contributed by atoms with van der Waals surface area (Å²) < 4.78 is 55.9. The summed E-state index contributed by atoms with van der Waals surface area (Å²) in [5.74, 6) is -3.01. The van der Waals surface area contributed by atoms with E-state index in [9.17, 15) is 17.6 Å². The maximum absolute atomic E-state index is 14.2. The van der Waals surface area contributed by atoms with Crippen LogP contribution in [0.4, 0.5) is 17.6 Å². The van der Waals surface area contributed by atoms with Crippen LogP contribution in [0.2, 0.25) is 0 Å². The molecule has 3 aromatic rings. The Bertz CT molecular complexity index is 958. The highest BCUT2D eigenvalue weighted by atomic mass is 19.1. The first kappa shape index (κ1) is 18.6. The molecule has 0 amide bonds. The molecule has 1 aromatic heterocycles. The molecule has 0 aliphatic carbocycles. The van der Waals surface area contributed by atoms with Gasteiger partial charge in [-0.25, -0.2) is 22.5 Å². The van der Waals surface area contributed by atoms with Crippen molar-refractivity contribution in [1.29, 1.82) is 0 Å². The zero-order valence-electron chi connectivity index (χ0n) is 14.2. The van der Waals surface area contributed by atoms with Crippen molar-refractivity contribution >= 4 is 5.71 Å². The quantitative estimate of drug-likeness (QED) is 0.357. The topological polar surface area (TPSA) is 39.4 Å². The SMILES string of the molecule is C/C(=N\OC(Cn1ccnc1)c1ccc(F)cc1F)c1ccc(F)cc1F. The van der Waals surface area contributed by atoms with Gasteiger partial charge in [0.25, 0.3) is 0 Å².